The molecule has 0 radical (unpaired) electrons. The van der Waals surface area contributed by atoms with Gasteiger partial charge in [-0.25, -0.2) is 0 Å². The van der Waals surface area contributed by atoms with Gasteiger partial charge in [0.05, 0.1) is 13.2 Å². The van der Waals surface area contributed by atoms with E-state index in [1.54, 1.807) is 20.8 Å². The zero-order valence-corrected chi connectivity index (χ0v) is 14.4. The molecule has 0 saturated carbocycles. The molecule has 0 aromatic rings. The van der Waals surface area contributed by atoms with E-state index in [0.29, 0.717) is 12.8 Å². The zero-order valence-electron chi connectivity index (χ0n) is 14.4. The van der Waals surface area contributed by atoms with E-state index in [4.69, 9.17) is 9.47 Å². The van der Waals surface area contributed by atoms with Crippen molar-refractivity contribution in [3.8, 4) is 0 Å². The summed E-state index contributed by atoms with van der Waals surface area (Å²) in [6.07, 6.45) is 5.38. The Morgan fingerprint density at radius 1 is 1.17 bits per heavy atom. The highest BCUT2D eigenvalue weighted by molar-refractivity contribution is 6.01. The second-order valence-corrected chi connectivity index (χ2v) is 5.76. The van der Waals surface area contributed by atoms with Crippen LogP contribution in [0.2, 0.25) is 0 Å². The first-order chi connectivity index (χ1) is 10.9. The molecule has 1 aliphatic carbocycles. The summed E-state index contributed by atoms with van der Waals surface area (Å²) in [4.78, 5) is 36.0. The van der Waals surface area contributed by atoms with Gasteiger partial charge in [-0.05, 0) is 52.5 Å². The normalized spacial score (nSPS) is 18.3. The monoisotopic (exact) mass is 322 g/mol. The molecule has 0 unspecified atom stereocenters. The topological polar surface area (TPSA) is 69.7 Å². The highest BCUT2D eigenvalue weighted by Crippen LogP contribution is 2.41. The lowest BCUT2D eigenvalue weighted by atomic mass is 9.72. The third-order valence-electron chi connectivity index (χ3n) is 3.97. The Kier molecular flexibility index (Phi) is 7.20. The van der Waals surface area contributed by atoms with Gasteiger partial charge in [-0.2, -0.15) is 0 Å². The number of ketones is 1. The Bertz CT molecular complexity index is 510. The van der Waals surface area contributed by atoms with E-state index in [0.717, 1.165) is 11.1 Å². The van der Waals surface area contributed by atoms with Gasteiger partial charge in [0, 0.05) is 6.42 Å². The number of carbonyl (C=O) groups excluding carboxylic acids is 3. The molecular weight excluding hydrogens is 296 g/mol. The lowest BCUT2D eigenvalue weighted by molar-refractivity contribution is -0.172. The minimum Gasteiger partial charge on any atom is -0.465 e. The first-order valence-electron chi connectivity index (χ1n) is 8.07. The molecule has 0 atom stereocenters. The van der Waals surface area contributed by atoms with Crippen molar-refractivity contribution in [2.24, 2.45) is 5.41 Å². The second kappa shape index (κ2) is 8.65. The van der Waals surface area contributed by atoms with Crippen molar-refractivity contribution in [1.82, 2.24) is 0 Å². The first-order valence-corrected chi connectivity index (χ1v) is 8.07. The van der Waals surface area contributed by atoms with Gasteiger partial charge in [0.1, 0.15) is 5.78 Å². The summed E-state index contributed by atoms with van der Waals surface area (Å²) < 4.78 is 10.3. The van der Waals surface area contributed by atoms with Crippen LogP contribution in [0.5, 0.6) is 0 Å². The Labute approximate surface area is 137 Å². The van der Waals surface area contributed by atoms with Crippen LogP contribution in [0.4, 0.5) is 0 Å². The summed E-state index contributed by atoms with van der Waals surface area (Å²) in [7, 11) is 0. The van der Waals surface area contributed by atoms with Crippen molar-refractivity contribution < 1.29 is 23.9 Å². The van der Waals surface area contributed by atoms with Crippen LogP contribution < -0.4 is 0 Å². The first kappa shape index (κ1) is 19.1. The number of ether oxygens (including phenoxy) is 2. The maximum atomic E-state index is 12.4. The number of esters is 2. The largest absolute Gasteiger partial charge is 0.465 e. The van der Waals surface area contributed by atoms with Gasteiger partial charge in [-0.15, -0.1) is 0 Å². The molecule has 0 fully saturated rings. The molecular formula is C18H26O5. The smallest absolute Gasteiger partial charge is 0.324 e. The molecule has 0 heterocycles. The minimum atomic E-state index is -1.31. The van der Waals surface area contributed by atoms with Gasteiger partial charge < -0.3 is 14.3 Å². The van der Waals surface area contributed by atoms with Crippen LogP contribution in [-0.2, 0) is 23.9 Å². The average molecular weight is 322 g/mol. The second-order valence-electron chi connectivity index (χ2n) is 5.76. The summed E-state index contributed by atoms with van der Waals surface area (Å²) in [5, 5.41) is 0. The van der Waals surface area contributed by atoms with E-state index in [-0.39, 0.29) is 31.8 Å². The summed E-state index contributed by atoms with van der Waals surface area (Å²) >= 11 is 0. The van der Waals surface area contributed by atoms with Crippen molar-refractivity contribution in [1.29, 1.82) is 0 Å². The summed E-state index contributed by atoms with van der Waals surface area (Å²) in [6.45, 7) is 7.34. The fraction of sp³-hybridized carbons (Fsp3) is 0.611. The van der Waals surface area contributed by atoms with Gasteiger partial charge in [0.25, 0.3) is 0 Å². The molecule has 128 valence electrons. The SMILES string of the molecule is CCOC(=O)C1(C(=O)OCC)CC=C(C)/C(=C/CCC(C)=O)C1. The predicted octanol–water partition coefficient (Wildman–Crippen LogP) is 3.13. The van der Waals surface area contributed by atoms with Crippen molar-refractivity contribution in [2.45, 2.75) is 53.4 Å². The Balaban J connectivity index is 3.10. The van der Waals surface area contributed by atoms with Crippen molar-refractivity contribution in [3.63, 3.8) is 0 Å². The molecule has 5 nitrogen and oxygen atoms in total. The van der Waals surface area contributed by atoms with Gasteiger partial charge in [-0.1, -0.05) is 17.7 Å². The average Bonchev–Trinajstić information content (AvgIpc) is 2.49. The fourth-order valence-electron chi connectivity index (χ4n) is 2.61. The van der Waals surface area contributed by atoms with Gasteiger partial charge in [0.2, 0.25) is 0 Å². The van der Waals surface area contributed by atoms with Gasteiger partial charge in [0.15, 0.2) is 5.41 Å². The van der Waals surface area contributed by atoms with Gasteiger partial charge >= 0.3 is 11.9 Å². The number of rotatable bonds is 7. The van der Waals surface area contributed by atoms with Crippen LogP contribution in [-0.4, -0.2) is 30.9 Å². The quantitative estimate of drug-likeness (QED) is 0.532. The summed E-state index contributed by atoms with van der Waals surface area (Å²) in [5.41, 5.74) is 0.615. The molecule has 0 aromatic carbocycles. The number of Topliss-reactive ketones (excluding diaryl/α,β-unsaturated/α-hetero) is 1. The highest BCUT2D eigenvalue weighted by Gasteiger charge is 2.50. The molecule has 0 amide bonds. The number of allylic oxidation sites excluding steroid dienone is 4. The third kappa shape index (κ3) is 4.78. The molecule has 0 spiro atoms. The zero-order chi connectivity index (χ0) is 17.5. The molecule has 0 bridgehead atoms. The van der Waals surface area contributed by atoms with Crippen molar-refractivity contribution in [3.05, 3.63) is 23.3 Å². The maximum Gasteiger partial charge on any atom is 0.324 e. The van der Waals surface area contributed by atoms with Crippen molar-refractivity contribution in [2.75, 3.05) is 13.2 Å². The Hall–Kier alpha value is -1.91. The molecule has 1 rings (SSSR count). The summed E-state index contributed by atoms with van der Waals surface area (Å²) in [5.74, 6) is -0.972. The van der Waals surface area contributed by atoms with E-state index in [1.807, 2.05) is 19.1 Å². The van der Waals surface area contributed by atoms with E-state index in [9.17, 15) is 14.4 Å². The third-order valence-corrected chi connectivity index (χ3v) is 3.97. The Morgan fingerprint density at radius 2 is 1.74 bits per heavy atom. The van der Waals surface area contributed by atoms with Crippen LogP contribution >= 0.6 is 0 Å². The fourth-order valence-corrected chi connectivity index (χ4v) is 2.61. The van der Waals surface area contributed by atoms with Crippen LogP contribution in [0.25, 0.3) is 0 Å². The van der Waals surface area contributed by atoms with Crippen LogP contribution in [0.1, 0.15) is 53.4 Å². The number of carbonyl (C=O) groups is 3. The number of hydrogen-bond acceptors (Lipinski definition) is 5. The van der Waals surface area contributed by atoms with Crippen molar-refractivity contribution >= 4 is 17.7 Å². The molecule has 1 aliphatic rings. The van der Waals surface area contributed by atoms with E-state index < -0.39 is 17.4 Å². The maximum absolute atomic E-state index is 12.4. The lowest BCUT2D eigenvalue weighted by Crippen LogP contribution is -2.43. The molecule has 0 saturated heterocycles. The minimum absolute atomic E-state index is 0.112. The Morgan fingerprint density at radius 3 is 2.22 bits per heavy atom. The van der Waals surface area contributed by atoms with Crippen LogP contribution in [0, 0.1) is 5.41 Å². The summed E-state index contributed by atoms with van der Waals surface area (Å²) in [6, 6.07) is 0. The van der Waals surface area contributed by atoms with E-state index in [1.165, 1.54) is 0 Å². The lowest BCUT2D eigenvalue weighted by Gasteiger charge is -2.32. The van der Waals surface area contributed by atoms with Crippen LogP contribution in [0.15, 0.2) is 23.3 Å². The van der Waals surface area contributed by atoms with E-state index >= 15 is 0 Å². The van der Waals surface area contributed by atoms with Crippen LogP contribution in [0.3, 0.4) is 0 Å². The molecule has 23 heavy (non-hydrogen) atoms. The molecule has 0 aliphatic heterocycles. The predicted molar refractivity (Wildman–Crippen MR) is 86.7 cm³/mol. The molecule has 5 heteroatoms. The molecule has 0 N–H and O–H groups in total. The van der Waals surface area contributed by atoms with E-state index in [2.05, 4.69) is 0 Å². The van der Waals surface area contributed by atoms with Gasteiger partial charge in [-0.3, -0.25) is 9.59 Å². The highest BCUT2D eigenvalue weighted by atomic mass is 16.6. The standard InChI is InChI=1S/C18H26O5/c1-5-22-16(20)18(17(21)23-6-2)11-10-13(3)15(12-18)9-7-8-14(4)19/h9-10H,5-8,11-12H2,1-4H3/b15-9+. The molecule has 0 aromatic heterocycles. The number of hydrogen-bond donors (Lipinski definition) is 0.